The van der Waals surface area contributed by atoms with E-state index >= 15 is 0 Å². The van der Waals surface area contributed by atoms with Crippen molar-refractivity contribution in [1.82, 2.24) is 4.90 Å². The molecule has 0 N–H and O–H groups in total. The zero-order chi connectivity index (χ0) is 17.6. The summed E-state index contributed by atoms with van der Waals surface area (Å²) in [6.07, 6.45) is 0. The molecule has 3 nitrogen and oxygen atoms in total. The molecule has 0 aliphatic rings. The van der Waals surface area contributed by atoms with E-state index in [1.54, 1.807) is 11.0 Å². The quantitative estimate of drug-likeness (QED) is 0.667. The van der Waals surface area contributed by atoms with Gasteiger partial charge in [0.05, 0.1) is 0 Å². The van der Waals surface area contributed by atoms with Crippen LogP contribution in [0.1, 0.15) is 12.5 Å². The standard InChI is InChI=1S/C21H20FNO2/c1-2-23(14-16-6-5-9-19(22)12-16)21(24)15-25-20-11-10-17-7-3-4-8-18(17)13-20/h3-13H,2,14-15H2,1H3. The van der Waals surface area contributed by atoms with Crippen molar-refractivity contribution in [1.29, 1.82) is 0 Å². The molecule has 1 amide bonds. The number of fused-ring (bicyclic) bond motifs is 1. The third-order valence-electron chi connectivity index (χ3n) is 4.08. The van der Waals surface area contributed by atoms with Gasteiger partial charge in [0.25, 0.3) is 5.91 Å². The van der Waals surface area contributed by atoms with E-state index in [0.29, 0.717) is 18.8 Å². The molecule has 0 unspecified atom stereocenters. The van der Waals surface area contributed by atoms with Gasteiger partial charge >= 0.3 is 0 Å². The van der Waals surface area contributed by atoms with Crippen molar-refractivity contribution in [3.05, 3.63) is 78.1 Å². The van der Waals surface area contributed by atoms with E-state index in [4.69, 9.17) is 4.74 Å². The van der Waals surface area contributed by atoms with Gasteiger partial charge in [0, 0.05) is 13.1 Å². The third-order valence-corrected chi connectivity index (χ3v) is 4.08. The minimum absolute atomic E-state index is 0.0402. The average molecular weight is 337 g/mol. The molecule has 0 aliphatic heterocycles. The molecule has 0 radical (unpaired) electrons. The summed E-state index contributed by atoms with van der Waals surface area (Å²) in [5.74, 6) is 0.238. The molecule has 0 spiro atoms. The van der Waals surface area contributed by atoms with Crippen LogP contribution in [0.25, 0.3) is 10.8 Å². The van der Waals surface area contributed by atoms with Crippen molar-refractivity contribution < 1.29 is 13.9 Å². The number of rotatable bonds is 6. The summed E-state index contributed by atoms with van der Waals surface area (Å²) in [6, 6.07) is 20.0. The van der Waals surface area contributed by atoms with Crippen LogP contribution in [-0.2, 0) is 11.3 Å². The van der Waals surface area contributed by atoms with Gasteiger partial charge in [0.2, 0.25) is 0 Å². The second-order valence-corrected chi connectivity index (χ2v) is 5.84. The molecule has 4 heteroatoms. The monoisotopic (exact) mass is 337 g/mol. The van der Waals surface area contributed by atoms with Crippen LogP contribution in [0, 0.1) is 5.82 Å². The Bertz CT molecular complexity index is 878. The van der Waals surface area contributed by atoms with Crippen molar-refractivity contribution in [3.8, 4) is 5.75 Å². The zero-order valence-corrected chi connectivity index (χ0v) is 14.1. The highest BCUT2D eigenvalue weighted by molar-refractivity contribution is 5.84. The van der Waals surface area contributed by atoms with Gasteiger partial charge in [0.1, 0.15) is 11.6 Å². The number of nitrogens with zero attached hydrogens (tertiary/aromatic N) is 1. The molecule has 0 aromatic heterocycles. The number of ether oxygens (including phenoxy) is 1. The Balaban J connectivity index is 1.63. The first kappa shape index (κ1) is 17.0. The van der Waals surface area contributed by atoms with Crippen molar-refractivity contribution >= 4 is 16.7 Å². The molecule has 3 aromatic rings. The lowest BCUT2D eigenvalue weighted by atomic mass is 10.1. The average Bonchev–Trinajstić information content (AvgIpc) is 2.64. The first-order valence-electron chi connectivity index (χ1n) is 8.29. The lowest BCUT2D eigenvalue weighted by Gasteiger charge is -2.21. The molecule has 0 bridgehead atoms. The fraction of sp³-hybridized carbons (Fsp3) is 0.190. The van der Waals surface area contributed by atoms with Gasteiger partial charge in [-0.2, -0.15) is 0 Å². The predicted molar refractivity (Wildman–Crippen MR) is 96.9 cm³/mol. The van der Waals surface area contributed by atoms with Gasteiger partial charge in [-0.1, -0.05) is 42.5 Å². The Kier molecular flexibility index (Phi) is 5.29. The number of amides is 1. The zero-order valence-electron chi connectivity index (χ0n) is 14.1. The van der Waals surface area contributed by atoms with Crippen LogP contribution in [0.4, 0.5) is 4.39 Å². The highest BCUT2D eigenvalue weighted by Crippen LogP contribution is 2.20. The Morgan fingerprint density at radius 3 is 2.56 bits per heavy atom. The van der Waals surface area contributed by atoms with E-state index in [1.165, 1.54) is 12.1 Å². The highest BCUT2D eigenvalue weighted by Gasteiger charge is 2.13. The van der Waals surface area contributed by atoms with Crippen LogP contribution < -0.4 is 4.74 Å². The van der Waals surface area contributed by atoms with Gasteiger partial charge in [0.15, 0.2) is 6.61 Å². The Labute approximate surface area is 146 Å². The lowest BCUT2D eigenvalue weighted by molar-refractivity contribution is -0.133. The number of carbonyl (C=O) groups excluding carboxylic acids is 1. The number of halogens is 1. The molecule has 3 aromatic carbocycles. The van der Waals surface area contributed by atoms with Crippen LogP contribution in [0.2, 0.25) is 0 Å². The molecule has 128 valence electrons. The van der Waals surface area contributed by atoms with Crippen molar-refractivity contribution in [2.45, 2.75) is 13.5 Å². The highest BCUT2D eigenvalue weighted by atomic mass is 19.1. The summed E-state index contributed by atoms with van der Waals surface area (Å²) >= 11 is 0. The lowest BCUT2D eigenvalue weighted by Crippen LogP contribution is -2.34. The predicted octanol–water partition coefficient (Wildman–Crippen LogP) is 4.41. The van der Waals surface area contributed by atoms with E-state index in [0.717, 1.165) is 16.3 Å². The molecule has 25 heavy (non-hydrogen) atoms. The summed E-state index contributed by atoms with van der Waals surface area (Å²) in [7, 11) is 0. The molecule has 0 saturated carbocycles. The van der Waals surface area contributed by atoms with E-state index in [1.807, 2.05) is 55.5 Å². The van der Waals surface area contributed by atoms with E-state index in [2.05, 4.69) is 0 Å². The van der Waals surface area contributed by atoms with E-state index in [-0.39, 0.29) is 18.3 Å². The molecule has 0 atom stereocenters. The van der Waals surface area contributed by atoms with Crippen LogP contribution in [0.15, 0.2) is 66.7 Å². The maximum absolute atomic E-state index is 13.3. The summed E-state index contributed by atoms with van der Waals surface area (Å²) in [5.41, 5.74) is 0.765. The first-order valence-corrected chi connectivity index (χ1v) is 8.29. The van der Waals surface area contributed by atoms with Crippen molar-refractivity contribution in [3.63, 3.8) is 0 Å². The number of likely N-dealkylation sites (N-methyl/N-ethyl adjacent to an activating group) is 1. The maximum atomic E-state index is 13.3. The van der Waals surface area contributed by atoms with Crippen molar-refractivity contribution in [2.75, 3.05) is 13.2 Å². The number of hydrogen-bond donors (Lipinski definition) is 0. The second-order valence-electron chi connectivity index (χ2n) is 5.84. The van der Waals surface area contributed by atoms with Gasteiger partial charge in [-0.05, 0) is 47.5 Å². The topological polar surface area (TPSA) is 29.5 Å². The fourth-order valence-electron chi connectivity index (χ4n) is 2.73. The molecule has 0 saturated heterocycles. The van der Waals surface area contributed by atoms with Gasteiger partial charge in [-0.15, -0.1) is 0 Å². The number of hydrogen-bond acceptors (Lipinski definition) is 2. The summed E-state index contributed by atoms with van der Waals surface area (Å²) < 4.78 is 18.9. The summed E-state index contributed by atoms with van der Waals surface area (Å²) in [5, 5.41) is 2.20. The third kappa shape index (κ3) is 4.35. The van der Waals surface area contributed by atoms with Crippen molar-refractivity contribution in [2.24, 2.45) is 0 Å². The number of benzene rings is 3. The Morgan fingerprint density at radius 2 is 1.80 bits per heavy atom. The molecular weight excluding hydrogens is 317 g/mol. The molecule has 3 rings (SSSR count). The van der Waals surface area contributed by atoms with Crippen LogP contribution in [-0.4, -0.2) is 24.0 Å². The molecule has 0 aliphatic carbocycles. The molecule has 0 fully saturated rings. The first-order chi connectivity index (χ1) is 12.2. The maximum Gasteiger partial charge on any atom is 0.260 e. The Morgan fingerprint density at radius 1 is 1.00 bits per heavy atom. The van der Waals surface area contributed by atoms with Crippen LogP contribution in [0.5, 0.6) is 5.75 Å². The van der Waals surface area contributed by atoms with Gasteiger partial charge in [-0.3, -0.25) is 4.79 Å². The van der Waals surface area contributed by atoms with Crippen LogP contribution in [0.3, 0.4) is 0 Å². The van der Waals surface area contributed by atoms with Gasteiger partial charge in [-0.25, -0.2) is 4.39 Å². The summed E-state index contributed by atoms with van der Waals surface area (Å²) in [6.45, 7) is 2.76. The molecule has 0 heterocycles. The van der Waals surface area contributed by atoms with Crippen LogP contribution >= 0.6 is 0 Å². The fourth-order valence-corrected chi connectivity index (χ4v) is 2.73. The minimum Gasteiger partial charge on any atom is -0.484 e. The largest absolute Gasteiger partial charge is 0.484 e. The normalized spacial score (nSPS) is 10.6. The van der Waals surface area contributed by atoms with Gasteiger partial charge < -0.3 is 9.64 Å². The second kappa shape index (κ2) is 7.79. The molecular formula is C21H20FNO2. The smallest absolute Gasteiger partial charge is 0.260 e. The Hall–Kier alpha value is -2.88. The van der Waals surface area contributed by atoms with E-state index < -0.39 is 0 Å². The SMILES string of the molecule is CCN(Cc1cccc(F)c1)C(=O)COc1ccc2ccccc2c1. The minimum atomic E-state index is -0.298. The van der Waals surface area contributed by atoms with E-state index in [9.17, 15) is 9.18 Å². The summed E-state index contributed by atoms with van der Waals surface area (Å²) in [4.78, 5) is 14.1. The number of carbonyl (C=O) groups is 1.